The van der Waals surface area contributed by atoms with E-state index in [9.17, 15) is 40.2 Å². The van der Waals surface area contributed by atoms with Gasteiger partial charge in [0.05, 0.1) is 17.3 Å². The summed E-state index contributed by atoms with van der Waals surface area (Å²) in [7, 11) is 0. The molecule has 1 heterocycles. The average Bonchev–Trinajstić information content (AvgIpc) is 3.46. The van der Waals surface area contributed by atoms with Gasteiger partial charge in [-0.25, -0.2) is 10.2 Å². The molecule has 0 spiro atoms. The van der Waals surface area contributed by atoms with Crippen molar-refractivity contribution in [2.45, 2.75) is 82.0 Å². The first-order chi connectivity index (χ1) is 19.3. The molecule has 1 amide bonds. The predicted molar refractivity (Wildman–Crippen MR) is 145 cm³/mol. The molecule has 4 saturated carbocycles. The standard InChI is InChI=1S/C30H38N2O9/c1-27-6-3-20-21(30(27,40)9-5-19(27)17-12-24(36)41-14-17)4-8-29(39)13-18(33)2-7-28(20,29)15-31-32-26(38)16-10-22(34)25(37)23(35)11-16/h10-12,15,18-21,33-35,37,39-40H,2-9,13-14H2,1H3,(H,32,38). The predicted octanol–water partition coefficient (Wildman–Crippen LogP) is 2.23. The van der Waals surface area contributed by atoms with Crippen LogP contribution in [-0.2, 0) is 9.53 Å². The van der Waals surface area contributed by atoms with E-state index in [1.54, 1.807) is 12.3 Å². The van der Waals surface area contributed by atoms with Gasteiger partial charge >= 0.3 is 5.97 Å². The van der Waals surface area contributed by atoms with Crippen molar-refractivity contribution in [3.8, 4) is 17.2 Å². The van der Waals surface area contributed by atoms with Crippen LogP contribution in [-0.4, -0.2) is 72.6 Å². The van der Waals surface area contributed by atoms with Crippen molar-refractivity contribution >= 4 is 18.1 Å². The van der Waals surface area contributed by atoms with Crippen LogP contribution in [0.2, 0.25) is 0 Å². The third-order valence-corrected chi connectivity index (χ3v) is 11.4. The van der Waals surface area contributed by atoms with Gasteiger partial charge in [0.1, 0.15) is 6.61 Å². The van der Waals surface area contributed by atoms with E-state index in [0.717, 1.165) is 24.1 Å². The fourth-order valence-corrected chi connectivity index (χ4v) is 9.37. The molecule has 4 fully saturated rings. The van der Waals surface area contributed by atoms with Gasteiger partial charge in [0, 0.05) is 35.1 Å². The summed E-state index contributed by atoms with van der Waals surface area (Å²) in [5.41, 5.74) is -0.460. The third-order valence-electron chi connectivity index (χ3n) is 11.4. The van der Waals surface area contributed by atoms with E-state index < -0.39 is 51.3 Å². The van der Waals surface area contributed by atoms with E-state index in [0.29, 0.717) is 44.9 Å². The van der Waals surface area contributed by atoms with Crippen LogP contribution in [0.1, 0.15) is 75.1 Å². The first-order valence-electron chi connectivity index (χ1n) is 14.4. The number of hydrazone groups is 1. The Bertz CT molecular complexity index is 1320. The Balaban J connectivity index is 1.32. The fourth-order valence-electron chi connectivity index (χ4n) is 9.37. The molecule has 222 valence electrons. The topological polar surface area (TPSA) is 189 Å². The minimum absolute atomic E-state index is 0.0240. The second kappa shape index (κ2) is 9.43. The van der Waals surface area contributed by atoms with Crippen molar-refractivity contribution in [2.75, 3.05) is 6.61 Å². The molecule has 0 radical (unpaired) electrons. The molecule has 11 heteroatoms. The quantitative estimate of drug-likeness (QED) is 0.123. The lowest BCUT2D eigenvalue weighted by Gasteiger charge is -2.65. The van der Waals surface area contributed by atoms with Crippen LogP contribution >= 0.6 is 0 Å². The van der Waals surface area contributed by atoms with Crippen LogP contribution in [0.15, 0.2) is 28.9 Å². The number of benzene rings is 1. The number of phenols is 3. The molecule has 11 nitrogen and oxygen atoms in total. The molecule has 6 rings (SSSR count). The van der Waals surface area contributed by atoms with Gasteiger partial charge in [-0.15, -0.1) is 0 Å². The summed E-state index contributed by atoms with van der Waals surface area (Å²) in [5.74, 6) is -3.41. The summed E-state index contributed by atoms with van der Waals surface area (Å²) in [6.07, 6.45) is 7.13. The van der Waals surface area contributed by atoms with Gasteiger partial charge in [0.15, 0.2) is 17.2 Å². The molecule has 0 bridgehead atoms. The summed E-state index contributed by atoms with van der Waals surface area (Å²) in [6.45, 7) is 2.37. The number of nitrogens with one attached hydrogen (secondary N) is 1. The van der Waals surface area contributed by atoms with Gasteiger partial charge < -0.3 is 35.4 Å². The molecule has 8 atom stereocenters. The van der Waals surface area contributed by atoms with E-state index in [4.69, 9.17) is 4.74 Å². The normalized spacial score (nSPS) is 41.8. The van der Waals surface area contributed by atoms with Gasteiger partial charge in [-0.2, -0.15) is 5.10 Å². The summed E-state index contributed by atoms with van der Waals surface area (Å²) < 4.78 is 5.20. The number of carbonyl (C=O) groups is 2. The molecule has 41 heavy (non-hydrogen) atoms. The van der Waals surface area contributed by atoms with Crippen molar-refractivity contribution in [3.63, 3.8) is 0 Å². The zero-order chi connectivity index (χ0) is 29.4. The summed E-state index contributed by atoms with van der Waals surface area (Å²) in [5, 5.41) is 68.5. The lowest BCUT2D eigenvalue weighted by Crippen LogP contribution is -2.68. The Morgan fingerprint density at radius 1 is 1.02 bits per heavy atom. The second-order valence-electron chi connectivity index (χ2n) is 13.1. The SMILES string of the molecule is CC12CCC3C(CCC4(O)CC(O)CCC34C=NNC(=O)c3cc(O)c(O)c(O)c3)C1(O)CCC2C1=CC(=O)OC1. The zero-order valence-electron chi connectivity index (χ0n) is 23.0. The lowest BCUT2D eigenvalue weighted by atomic mass is 9.41. The molecule has 1 aliphatic heterocycles. The molecule has 1 aromatic carbocycles. The van der Waals surface area contributed by atoms with E-state index in [1.807, 2.05) is 0 Å². The van der Waals surface area contributed by atoms with Crippen LogP contribution in [0, 0.1) is 28.6 Å². The highest BCUT2D eigenvalue weighted by molar-refractivity contribution is 5.95. The molecule has 0 saturated heterocycles. The number of cyclic esters (lactones) is 1. The Kier molecular flexibility index (Phi) is 6.44. The number of hydrogen-bond acceptors (Lipinski definition) is 10. The first kappa shape index (κ1) is 28.0. The van der Waals surface area contributed by atoms with Gasteiger partial charge in [-0.05, 0) is 86.8 Å². The number of fused-ring (bicyclic) bond motifs is 5. The number of aliphatic hydroxyl groups is 3. The molecule has 0 aromatic heterocycles. The molecule has 8 unspecified atom stereocenters. The maximum Gasteiger partial charge on any atom is 0.331 e. The van der Waals surface area contributed by atoms with E-state index >= 15 is 0 Å². The first-order valence-corrected chi connectivity index (χ1v) is 14.4. The van der Waals surface area contributed by atoms with Gasteiger partial charge in [0.2, 0.25) is 0 Å². The summed E-state index contributed by atoms with van der Waals surface area (Å²) in [6, 6.07) is 2.02. The van der Waals surface area contributed by atoms with Crippen LogP contribution in [0.5, 0.6) is 17.2 Å². The summed E-state index contributed by atoms with van der Waals surface area (Å²) >= 11 is 0. The highest BCUT2D eigenvalue weighted by atomic mass is 16.5. The lowest BCUT2D eigenvalue weighted by molar-refractivity contribution is -0.237. The highest BCUT2D eigenvalue weighted by Gasteiger charge is 2.71. The zero-order valence-corrected chi connectivity index (χ0v) is 23.0. The number of carbonyl (C=O) groups excluding carboxylic acids is 2. The number of amides is 1. The van der Waals surface area contributed by atoms with Crippen molar-refractivity contribution in [1.29, 1.82) is 0 Å². The number of ether oxygens (including phenoxy) is 1. The van der Waals surface area contributed by atoms with Gasteiger partial charge in [-0.1, -0.05) is 6.92 Å². The van der Waals surface area contributed by atoms with Crippen molar-refractivity contribution in [2.24, 2.45) is 33.7 Å². The van der Waals surface area contributed by atoms with E-state index in [1.165, 1.54) is 0 Å². The molecule has 7 N–H and O–H groups in total. The Morgan fingerprint density at radius 3 is 2.41 bits per heavy atom. The number of aromatic hydroxyl groups is 3. The van der Waals surface area contributed by atoms with Crippen molar-refractivity contribution in [1.82, 2.24) is 5.43 Å². The third kappa shape index (κ3) is 3.99. The van der Waals surface area contributed by atoms with Gasteiger partial charge in [-0.3, -0.25) is 4.79 Å². The second-order valence-corrected chi connectivity index (χ2v) is 13.1. The average molecular weight is 571 g/mol. The molecule has 4 aliphatic carbocycles. The van der Waals surface area contributed by atoms with E-state index in [2.05, 4.69) is 17.5 Å². The number of hydrogen-bond donors (Lipinski definition) is 7. The van der Waals surface area contributed by atoms with Crippen LogP contribution in [0.3, 0.4) is 0 Å². The maximum atomic E-state index is 12.8. The molecular weight excluding hydrogens is 532 g/mol. The van der Waals surface area contributed by atoms with Gasteiger partial charge in [0.25, 0.3) is 5.91 Å². The van der Waals surface area contributed by atoms with Crippen LogP contribution in [0.4, 0.5) is 0 Å². The Morgan fingerprint density at radius 2 is 1.73 bits per heavy atom. The van der Waals surface area contributed by atoms with Crippen molar-refractivity contribution in [3.05, 3.63) is 29.3 Å². The Labute approximate surface area is 237 Å². The fraction of sp³-hybridized carbons (Fsp3) is 0.633. The van der Waals surface area contributed by atoms with Crippen molar-refractivity contribution < 1.29 is 45.0 Å². The van der Waals surface area contributed by atoms with Crippen LogP contribution < -0.4 is 5.43 Å². The van der Waals surface area contributed by atoms with Crippen LogP contribution in [0.25, 0.3) is 0 Å². The maximum absolute atomic E-state index is 12.8. The number of nitrogens with zero attached hydrogens (tertiary/aromatic N) is 1. The number of aliphatic hydroxyl groups excluding tert-OH is 1. The highest BCUT2D eigenvalue weighted by Crippen LogP contribution is 2.70. The number of rotatable bonds is 4. The Hall–Kier alpha value is -3.15. The smallest absolute Gasteiger partial charge is 0.331 e. The summed E-state index contributed by atoms with van der Waals surface area (Å²) in [4.78, 5) is 24.6. The number of phenolic OH excluding ortho intramolecular Hbond substituents is 3. The molecular formula is C30H38N2O9. The molecule has 5 aliphatic rings. The molecule has 1 aromatic rings. The minimum atomic E-state index is -1.29. The monoisotopic (exact) mass is 570 g/mol. The van der Waals surface area contributed by atoms with E-state index in [-0.39, 0.29) is 42.3 Å². The number of esters is 1. The largest absolute Gasteiger partial charge is 0.504 e. The minimum Gasteiger partial charge on any atom is -0.504 e.